The highest BCUT2D eigenvalue weighted by atomic mass is 32.2. The molecule has 1 aliphatic heterocycles. The third kappa shape index (κ3) is 4.13. The highest BCUT2D eigenvalue weighted by Crippen LogP contribution is 2.22. The predicted octanol–water partition coefficient (Wildman–Crippen LogP) is 2.51. The van der Waals surface area contributed by atoms with Crippen LogP contribution in [0, 0.1) is 6.92 Å². The second kappa shape index (κ2) is 7.03. The van der Waals surface area contributed by atoms with Crippen molar-refractivity contribution in [3.05, 3.63) is 35.5 Å². The molecule has 5 nitrogen and oxygen atoms in total. The van der Waals surface area contributed by atoms with Crippen LogP contribution in [-0.2, 0) is 21.2 Å². The fourth-order valence-electron chi connectivity index (χ4n) is 3.22. The summed E-state index contributed by atoms with van der Waals surface area (Å²) in [6.45, 7) is 3.22. The number of fused-ring (bicyclic) bond motifs is 1. The largest absolute Gasteiger partial charge is 0.378 e. The molecule has 126 valence electrons. The zero-order valence-electron chi connectivity index (χ0n) is 13.5. The lowest BCUT2D eigenvalue weighted by atomic mass is 10.1. The molecule has 0 radical (unpaired) electrons. The van der Waals surface area contributed by atoms with E-state index in [4.69, 9.17) is 4.74 Å². The van der Waals surface area contributed by atoms with Crippen LogP contribution in [0.3, 0.4) is 0 Å². The quantitative estimate of drug-likeness (QED) is 0.816. The lowest BCUT2D eigenvalue weighted by Gasteiger charge is -2.10. The minimum atomic E-state index is -3.23. The normalized spacial score (nSPS) is 18.7. The number of benzene rings is 1. The van der Waals surface area contributed by atoms with E-state index < -0.39 is 10.0 Å². The summed E-state index contributed by atoms with van der Waals surface area (Å²) in [6.07, 6.45) is 3.40. The summed E-state index contributed by atoms with van der Waals surface area (Å²) < 4.78 is 32.4. The first kappa shape index (κ1) is 16.5. The SMILES string of the molecule is Cc1[nH]c2ccccc2c1CCNS(=O)(=O)CCC1CCCO1. The predicted molar refractivity (Wildman–Crippen MR) is 92.1 cm³/mol. The van der Waals surface area contributed by atoms with Crippen LogP contribution in [0.5, 0.6) is 0 Å². The van der Waals surface area contributed by atoms with Crippen LogP contribution >= 0.6 is 0 Å². The number of hydrogen-bond donors (Lipinski definition) is 2. The highest BCUT2D eigenvalue weighted by molar-refractivity contribution is 7.89. The Morgan fingerprint density at radius 2 is 2.17 bits per heavy atom. The van der Waals surface area contributed by atoms with Crippen molar-refractivity contribution < 1.29 is 13.2 Å². The topological polar surface area (TPSA) is 71.2 Å². The van der Waals surface area contributed by atoms with Gasteiger partial charge in [-0.2, -0.15) is 0 Å². The molecule has 0 spiro atoms. The molecule has 0 amide bonds. The summed E-state index contributed by atoms with van der Waals surface area (Å²) in [7, 11) is -3.23. The van der Waals surface area contributed by atoms with Gasteiger partial charge >= 0.3 is 0 Å². The zero-order chi connectivity index (χ0) is 16.3. The number of aromatic amines is 1. The van der Waals surface area contributed by atoms with Crippen LogP contribution in [0.4, 0.5) is 0 Å². The molecule has 2 aromatic rings. The molecule has 1 aromatic carbocycles. The molecule has 1 aliphatic rings. The van der Waals surface area contributed by atoms with Gasteiger partial charge in [-0.05, 0) is 44.2 Å². The molecule has 1 aromatic heterocycles. The van der Waals surface area contributed by atoms with Gasteiger partial charge in [-0.15, -0.1) is 0 Å². The van der Waals surface area contributed by atoms with Gasteiger partial charge < -0.3 is 9.72 Å². The maximum atomic E-state index is 12.1. The highest BCUT2D eigenvalue weighted by Gasteiger charge is 2.19. The molecule has 3 rings (SSSR count). The molecule has 1 atom stereocenters. The summed E-state index contributed by atoms with van der Waals surface area (Å²) in [5, 5.41) is 1.17. The van der Waals surface area contributed by atoms with E-state index in [0.717, 1.165) is 30.7 Å². The molecule has 1 saturated heterocycles. The van der Waals surface area contributed by atoms with Crippen molar-refractivity contribution >= 4 is 20.9 Å². The molecule has 0 bridgehead atoms. The fraction of sp³-hybridized carbons (Fsp3) is 0.529. The van der Waals surface area contributed by atoms with Crippen molar-refractivity contribution in [2.45, 2.75) is 38.7 Å². The van der Waals surface area contributed by atoms with E-state index in [9.17, 15) is 8.42 Å². The van der Waals surface area contributed by atoms with E-state index in [2.05, 4.69) is 15.8 Å². The summed E-state index contributed by atoms with van der Waals surface area (Å²) >= 11 is 0. The second-order valence-electron chi connectivity index (χ2n) is 6.16. The van der Waals surface area contributed by atoms with Gasteiger partial charge in [0.15, 0.2) is 0 Å². The summed E-state index contributed by atoms with van der Waals surface area (Å²) in [6, 6.07) is 8.11. The number of H-pyrrole nitrogens is 1. The Bertz CT molecular complexity index is 761. The fourth-order valence-corrected chi connectivity index (χ4v) is 4.35. The van der Waals surface area contributed by atoms with Crippen LogP contribution in [0.2, 0.25) is 0 Å². The lowest BCUT2D eigenvalue weighted by Crippen LogP contribution is -2.30. The van der Waals surface area contributed by atoms with E-state index in [1.807, 2.05) is 25.1 Å². The number of hydrogen-bond acceptors (Lipinski definition) is 3. The number of aromatic nitrogens is 1. The van der Waals surface area contributed by atoms with Crippen LogP contribution < -0.4 is 4.72 Å². The van der Waals surface area contributed by atoms with Crippen LogP contribution in [-0.4, -0.2) is 38.4 Å². The molecule has 2 heterocycles. The van der Waals surface area contributed by atoms with Gasteiger partial charge in [-0.3, -0.25) is 0 Å². The molecule has 23 heavy (non-hydrogen) atoms. The number of sulfonamides is 1. The van der Waals surface area contributed by atoms with Crippen LogP contribution in [0.1, 0.15) is 30.5 Å². The van der Waals surface area contributed by atoms with Gasteiger partial charge in [0.05, 0.1) is 11.9 Å². The molecular weight excluding hydrogens is 312 g/mol. The van der Waals surface area contributed by atoms with E-state index in [1.54, 1.807) is 0 Å². The van der Waals surface area contributed by atoms with Crippen LogP contribution in [0.25, 0.3) is 10.9 Å². The Morgan fingerprint density at radius 1 is 1.35 bits per heavy atom. The summed E-state index contributed by atoms with van der Waals surface area (Å²) in [5.41, 5.74) is 3.38. The number of para-hydroxylation sites is 1. The maximum Gasteiger partial charge on any atom is 0.211 e. The summed E-state index contributed by atoms with van der Waals surface area (Å²) in [4.78, 5) is 3.34. The Hall–Kier alpha value is -1.37. The van der Waals surface area contributed by atoms with Gasteiger partial charge in [0.1, 0.15) is 0 Å². The molecule has 1 unspecified atom stereocenters. The molecule has 1 fully saturated rings. The molecule has 6 heteroatoms. The molecule has 0 saturated carbocycles. The van der Waals surface area contributed by atoms with Gasteiger partial charge in [-0.1, -0.05) is 18.2 Å². The minimum absolute atomic E-state index is 0.113. The smallest absolute Gasteiger partial charge is 0.211 e. The van der Waals surface area contributed by atoms with Crippen molar-refractivity contribution in [2.24, 2.45) is 0 Å². The van der Waals surface area contributed by atoms with Gasteiger partial charge in [0, 0.05) is 29.7 Å². The standard InChI is InChI=1S/C17H24N2O3S/c1-13-15(16-6-2-3-7-17(16)19-13)8-10-18-23(20,21)12-9-14-5-4-11-22-14/h2-3,6-7,14,18-19H,4-5,8-12H2,1H3. The summed E-state index contributed by atoms with van der Waals surface area (Å²) in [5.74, 6) is 0.143. The average molecular weight is 336 g/mol. The molecule has 0 aliphatic carbocycles. The third-order valence-electron chi connectivity index (χ3n) is 4.46. The molecular formula is C17H24N2O3S. The molecule has 2 N–H and O–H groups in total. The van der Waals surface area contributed by atoms with Crippen molar-refractivity contribution in [3.8, 4) is 0 Å². The first-order chi connectivity index (χ1) is 11.1. The first-order valence-electron chi connectivity index (χ1n) is 8.20. The van der Waals surface area contributed by atoms with Gasteiger partial charge in [0.25, 0.3) is 0 Å². The van der Waals surface area contributed by atoms with E-state index in [-0.39, 0.29) is 11.9 Å². The monoisotopic (exact) mass is 336 g/mol. The Balaban J connectivity index is 1.54. The van der Waals surface area contributed by atoms with Crippen molar-refractivity contribution in [3.63, 3.8) is 0 Å². The Labute approximate surface area is 137 Å². The number of ether oxygens (including phenoxy) is 1. The van der Waals surface area contributed by atoms with E-state index >= 15 is 0 Å². The van der Waals surface area contributed by atoms with E-state index in [0.29, 0.717) is 19.4 Å². The van der Waals surface area contributed by atoms with E-state index in [1.165, 1.54) is 10.9 Å². The first-order valence-corrected chi connectivity index (χ1v) is 9.85. The Morgan fingerprint density at radius 3 is 2.96 bits per heavy atom. The second-order valence-corrected chi connectivity index (χ2v) is 8.09. The van der Waals surface area contributed by atoms with Gasteiger partial charge in [0.2, 0.25) is 10.0 Å². The third-order valence-corrected chi connectivity index (χ3v) is 5.87. The number of rotatable bonds is 7. The van der Waals surface area contributed by atoms with Crippen LogP contribution in [0.15, 0.2) is 24.3 Å². The van der Waals surface area contributed by atoms with Gasteiger partial charge in [-0.25, -0.2) is 13.1 Å². The zero-order valence-corrected chi connectivity index (χ0v) is 14.3. The number of nitrogens with one attached hydrogen (secondary N) is 2. The Kier molecular flexibility index (Phi) is 5.04. The van der Waals surface area contributed by atoms with Crippen molar-refractivity contribution in [1.29, 1.82) is 0 Å². The average Bonchev–Trinajstić information content (AvgIpc) is 3.14. The van der Waals surface area contributed by atoms with Crippen molar-refractivity contribution in [2.75, 3.05) is 18.9 Å². The minimum Gasteiger partial charge on any atom is -0.378 e. The van der Waals surface area contributed by atoms with Crippen molar-refractivity contribution in [1.82, 2.24) is 9.71 Å². The number of aryl methyl sites for hydroxylation is 1. The lowest BCUT2D eigenvalue weighted by molar-refractivity contribution is 0.109. The maximum absolute atomic E-state index is 12.1.